The lowest BCUT2D eigenvalue weighted by atomic mass is 10.2. The molecule has 1 atom stereocenters. The van der Waals surface area contributed by atoms with Gasteiger partial charge in [0.05, 0.1) is 10.6 Å². The van der Waals surface area contributed by atoms with Gasteiger partial charge in [0.15, 0.2) is 0 Å². The van der Waals surface area contributed by atoms with Gasteiger partial charge >= 0.3 is 0 Å². The lowest BCUT2D eigenvalue weighted by Gasteiger charge is -2.13. The van der Waals surface area contributed by atoms with E-state index >= 15 is 0 Å². The molecule has 0 fully saturated rings. The van der Waals surface area contributed by atoms with E-state index in [0.717, 1.165) is 12.1 Å². The molecule has 1 aromatic rings. The van der Waals surface area contributed by atoms with Crippen LogP contribution in [0.15, 0.2) is 18.2 Å². The first kappa shape index (κ1) is 10.9. The molecule has 0 saturated heterocycles. The van der Waals surface area contributed by atoms with Crippen LogP contribution < -0.4 is 5.32 Å². The summed E-state index contributed by atoms with van der Waals surface area (Å²) < 4.78 is 0. The number of rotatable bonds is 3. The molecular weight excluding hydrogens is 196 g/mol. The Balaban J connectivity index is 2.82. The SMILES string of the molecule is CC[C@@H](C)Nc1ccc(C#N)c(Cl)c1. The summed E-state index contributed by atoms with van der Waals surface area (Å²) in [5.41, 5.74) is 1.48. The predicted octanol–water partition coefficient (Wildman–Crippen LogP) is 3.42. The topological polar surface area (TPSA) is 35.8 Å². The Bertz CT molecular complexity index is 355. The highest BCUT2D eigenvalue weighted by molar-refractivity contribution is 6.32. The van der Waals surface area contributed by atoms with Crippen LogP contribution in [0.3, 0.4) is 0 Å². The highest BCUT2D eigenvalue weighted by Gasteiger charge is 2.02. The molecule has 0 aliphatic heterocycles. The van der Waals surface area contributed by atoms with Gasteiger partial charge in [0.2, 0.25) is 0 Å². The number of nitrogens with one attached hydrogen (secondary N) is 1. The molecule has 1 N–H and O–H groups in total. The van der Waals surface area contributed by atoms with Crippen molar-refractivity contribution < 1.29 is 0 Å². The number of hydrogen-bond donors (Lipinski definition) is 1. The van der Waals surface area contributed by atoms with Gasteiger partial charge in [-0.05, 0) is 31.5 Å². The molecule has 1 aromatic carbocycles. The standard InChI is InChI=1S/C11H13ClN2/c1-3-8(2)14-10-5-4-9(7-13)11(12)6-10/h4-6,8,14H,3H2,1-2H3/t8-/m1/s1. The van der Waals surface area contributed by atoms with E-state index in [4.69, 9.17) is 16.9 Å². The van der Waals surface area contributed by atoms with Crippen molar-refractivity contribution in [3.05, 3.63) is 28.8 Å². The van der Waals surface area contributed by atoms with E-state index in [1.54, 1.807) is 12.1 Å². The smallest absolute Gasteiger partial charge is 0.101 e. The third-order valence-corrected chi connectivity index (χ3v) is 2.43. The van der Waals surface area contributed by atoms with Gasteiger partial charge in [0.1, 0.15) is 6.07 Å². The summed E-state index contributed by atoms with van der Waals surface area (Å²) in [6.45, 7) is 4.22. The Morgan fingerprint density at radius 1 is 1.57 bits per heavy atom. The Morgan fingerprint density at radius 2 is 2.29 bits per heavy atom. The van der Waals surface area contributed by atoms with Gasteiger partial charge in [-0.1, -0.05) is 18.5 Å². The Kier molecular flexibility index (Phi) is 3.79. The van der Waals surface area contributed by atoms with Crippen LogP contribution in [0.5, 0.6) is 0 Å². The minimum absolute atomic E-state index is 0.416. The first-order chi connectivity index (χ1) is 6.67. The van der Waals surface area contributed by atoms with E-state index in [1.165, 1.54) is 0 Å². The zero-order valence-electron chi connectivity index (χ0n) is 8.34. The van der Waals surface area contributed by atoms with Crippen molar-refractivity contribution in [3.8, 4) is 6.07 Å². The molecule has 74 valence electrons. The monoisotopic (exact) mass is 208 g/mol. The molecule has 0 saturated carbocycles. The summed E-state index contributed by atoms with van der Waals surface area (Å²) in [6, 6.07) is 7.83. The first-order valence-electron chi connectivity index (χ1n) is 4.63. The van der Waals surface area contributed by atoms with Gasteiger partial charge in [-0.25, -0.2) is 0 Å². The van der Waals surface area contributed by atoms with Gasteiger partial charge in [-0.15, -0.1) is 0 Å². The van der Waals surface area contributed by atoms with E-state index < -0.39 is 0 Å². The van der Waals surface area contributed by atoms with Crippen molar-refractivity contribution in [2.24, 2.45) is 0 Å². The number of benzene rings is 1. The maximum atomic E-state index is 8.68. The van der Waals surface area contributed by atoms with Gasteiger partial charge in [0, 0.05) is 11.7 Å². The fourth-order valence-corrected chi connectivity index (χ4v) is 1.30. The molecule has 0 amide bonds. The summed E-state index contributed by atoms with van der Waals surface area (Å²) in [5.74, 6) is 0. The van der Waals surface area contributed by atoms with Gasteiger partial charge in [0.25, 0.3) is 0 Å². The van der Waals surface area contributed by atoms with Crippen LogP contribution in [0.4, 0.5) is 5.69 Å². The molecule has 3 heteroatoms. The van der Waals surface area contributed by atoms with E-state index in [2.05, 4.69) is 19.2 Å². The minimum Gasteiger partial charge on any atom is -0.383 e. The van der Waals surface area contributed by atoms with E-state index in [1.807, 2.05) is 12.1 Å². The first-order valence-corrected chi connectivity index (χ1v) is 5.01. The lowest BCUT2D eigenvalue weighted by Crippen LogP contribution is -2.13. The van der Waals surface area contributed by atoms with Gasteiger partial charge in [-0.3, -0.25) is 0 Å². The second kappa shape index (κ2) is 4.88. The lowest BCUT2D eigenvalue weighted by molar-refractivity contribution is 0.764. The molecule has 0 aliphatic rings. The van der Waals surface area contributed by atoms with Crippen LogP contribution in [0.25, 0.3) is 0 Å². The Labute approximate surface area is 89.5 Å². The van der Waals surface area contributed by atoms with Crippen molar-refractivity contribution in [2.45, 2.75) is 26.3 Å². The van der Waals surface area contributed by atoms with E-state index in [-0.39, 0.29) is 0 Å². The van der Waals surface area contributed by atoms with Gasteiger partial charge < -0.3 is 5.32 Å². The summed E-state index contributed by atoms with van der Waals surface area (Å²) in [5, 5.41) is 12.5. The summed E-state index contributed by atoms with van der Waals surface area (Å²) in [4.78, 5) is 0. The molecule has 0 heterocycles. The predicted molar refractivity (Wildman–Crippen MR) is 59.5 cm³/mol. The Morgan fingerprint density at radius 3 is 2.79 bits per heavy atom. The number of nitriles is 1. The third kappa shape index (κ3) is 2.65. The number of nitrogens with zero attached hydrogens (tertiary/aromatic N) is 1. The fourth-order valence-electron chi connectivity index (χ4n) is 1.08. The average molecular weight is 209 g/mol. The normalized spacial score (nSPS) is 11.9. The van der Waals surface area contributed by atoms with E-state index in [0.29, 0.717) is 16.6 Å². The van der Waals surface area contributed by atoms with Crippen LogP contribution in [-0.2, 0) is 0 Å². The number of anilines is 1. The van der Waals surface area contributed by atoms with Crippen molar-refractivity contribution in [1.29, 1.82) is 5.26 Å². The maximum Gasteiger partial charge on any atom is 0.101 e. The second-order valence-electron chi connectivity index (χ2n) is 3.26. The molecule has 0 aromatic heterocycles. The Hall–Kier alpha value is -1.20. The maximum absolute atomic E-state index is 8.68. The highest BCUT2D eigenvalue weighted by Crippen LogP contribution is 2.20. The molecule has 2 nitrogen and oxygen atoms in total. The van der Waals surface area contributed by atoms with Crippen LogP contribution in [0.2, 0.25) is 5.02 Å². The van der Waals surface area contributed by atoms with Crippen molar-refractivity contribution in [1.82, 2.24) is 0 Å². The molecule has 14 heavy (non-hydrogen) atoms. The van der Waals surface area contributed by atoms with Crippen LogP contribution in [0.1, 0.15) is 25.8 Å². The van der Waals surface area contributed by atoms with Gasteiger partial charge in [-0.2, -0.15) is 5.26 Å². The average Bonchev–Trinajstić information content (AvgIpc) is 2.18. The summed E-state index contributed by atoms with van der Waals surface area (Å²) in [7, 11) is 0. The van der Waals surface area contributed by atoms with Crippen LogP contribution in [0, 0.1) is 11.3 Å². The van der Waals surface area contributed by atoms with Crippen molar-refractivity contribution in [2.75, 3.05) is 5.32 Å². The number of hydrogen-bond acceptors (Lipinski definition) is 2. The van der Waals surface area contributed by atoms with Crippen LogP contribution >= 0.6 is 11.6 Å². The molecule has 0 aliphatic carbocycles. The minimum atomic E-state index is 0.416. The second-order valence-corrected chi connectivity index (χ2v) is 3.67. The third-order valence-electron chi connectivity index (χ3n) is 2.11. The quantitative estimate of drug-likeness (QED) is 0.826. The van der Waals surface area contributed by atoms with Crippen molar-refractivity contribution >= 4 is 17.3 Å². The fraction of sp³-hybridized carbons (Fsp3) is 0.364. The summed E-state index contributed by atoms with van der Waals surface area (Å²) in [6.07, 6.45) is 1.05. The van der Waals surface area contributed by atoms with Crippen molar-refractivity contribution in [3.63, 3.8) is 0 Å². The molecule has 1 rings (SSSR count). The highest BCUT2D eigenvalue weighted by atomic mass is 35.5. The molecule has 0 unspecified atom stereocenters. The van der Waals surface area contributed by atoms with Crippen LogP contribution in [-0.4, -0.2) is 6.04 Å². The molecule has 0 radical (unpaired) electrons. The zero-order valence-corrected chi connectivity index (χ0v) is 9.10. The van der Waals surface area contributed by atoms with E-state index in [9.17, 15) is 0 Å². The molecule has 0 bridgehead atoms. The number of halogens is 1. The molecule has 0 spiro atoms. The largest absolute Gasteiger partial charge is 0.383 e. The zero-order chi connectivity index (χ0) is 10.6. The molecular formula is C11H13ClN2. The summed E-state index contributed by atoms with van der Waals surface area (Å²) >= 11 is 5.89.